The first kappa shape index (κ1) is 26.7. The molecule has 0 spiro atoms. The summed E-state index contributed by atoms with van der Waals surface area (Å²) in [7, 11) is 1.32. The monoisotopic (exact) mass is 505 g/mol. The Bertz CT molecular complexity index is 1200. The van der Waals surface area contributed by atoms with Gasteiger partial charge in [0.05, 0.1) is 24.3 Å². The minimum atomic E-state index is -0.549. The van der Waals surface area contributed by atoms with Crippen molar-refractivity contribution >= 4 is 23.1 Å². The number of oxazole rings is 1. The van der Waals surface area contributed by atoms with Gasteiger partial charge in [0.25, 0.3) is 5.91 Å². The number of carbonyl (C=O) groups excluding carboxylic acids is 2. The molecule has 198 valence electrons. The fourth-order valence-corrected chi connectivity index (χ4v) is 5.45. The van der Waals surface area contributed by atoms with Crippen molar-refractivity contribution in [2.24, 2.45) is 0 Å². The first-order chi connectivity index (χ1) is 17.8. The van der Waals surface area contributed by atoms with Crippen molar-refractivity contribution in [1.29, 1.82) is 0 Å². The van der Waals surface area contributed by atoms with Crippen molar-refractivity contribution in [2.45, 2.75) is 77.8 Å². The molecule has 2 aromatic rings. The summed E-state index contributed by atoms with van der Waals surface area (Å²) in [6.45, 7) is 13.5. The van der Waals surface area contributed by atoms with Gasteiger partial charge in [-0.05, 0) is 63.7 Å². The molecule has 3 heterocycles. The van der Waals surface area contributed by atoms with Crippen molar-refractivity contribution in [2.75, 3.05) is 25.1 Å². The summed E-state index contributed by atoms with van der Waals surface area (Å²) < 4.78 is 10.9. The highest BCUT2D eigenvalue weighted by atomic mass is 16.5. The Kier molecular flexibility index (Phi) is 8.20. The van der Waals surface area contributed by atoms with Crippen LogP contribution >= 0.6 is 0 Å². The highest BCUT2D eigenvalue weighted by Gasteiger charge is 2.36. The largest absolute Gasteiger partial charge is 0.464 e. The topological polar surface area (TPSA) is 75.9 Å². The van der Waals surface area contributed by atoms with Crippen LogP contribution in [0.25, 0.3) is 5.57 Å². The van der Waals surface area contributed by atoms with Gasteiger partial charge in [0.1, 0.15) is 0 Å². The van der Waals surface area contributed by atoms with Gasteiger partial charge in [-0.2, -0.15) is 0 Å². The number of esters is 1. The van der Waals surface area contributed by atoms with Gasteiger partial charge in [0.2, 0.25) is 5.89 Å². The predicted molar refractivity (Wildman–Crippen MR) is 146 cm³/mol. The first-order valence-corrected chi connectivity index (χ1v) is 13.4. The van der Waals surface area contributed by atoms with Crippen LogP contribution in [-0.2, 0) is 4.74 Å². The average molecular weight is 506 g/mol. The van der Waals surface area contributed by atoms with Gasteiger partial charge in [-0.1, -0.05) is 44.2 Å². The minimum absolute atomic E-state index is 0.0233. The van der Waals surface area contributed by atoms with Gasteiger partial charge in [0, 0.05) is 25.2 Å². The number of hydrogen-bond acceptors (Lipinski definition) is 6. The summed E-state index contributed by atoms with van der Waals surface area (Å²) >= 11 is 0. The maximum absolute atomic E-state index is 14.1. The van der Waals surface area contributed by atoms with Crippen LogP contribution in [0.4, 0.5) is 5.69 Å². The Balaban J connectivity index is 1.63. The van der Waals surface area contributed by atoms with Crippen LogP contribution in [0.3, 0.4) is 0 Å². The van der Waals surface area contributed by atoms with Gasteiger partial charge >= 0.3 is 5.97 Å². The number of ether oxygens (including phenoxy) is 1. The maximum atomic E-state index is 14.1. The molecule has 2 aliphatic rings. The fourth-order valence-electron chi connectivity index (χ4n) is 5.45. The molecule has 37 heavy (non-hydrogen) atoms. The lowest BCUT2D eigenvalue weighted by molar-refractivity contribution is 0.0583. The number of aromatic nitrogens is 1. The van der Waals surface area contributed by atoms with E-state index in [2.05, 4.69) is 49.4 Å². The van der Waals surface area contributed by atoms with Crippen molar-refractivity contribution in [3.63, 3.8) is 0 Å². The zero-order valence-corrected chi connectivity index (χ0v) is 22.8. The SMILES string of the molecule is C=C(C)c1oc(C2CCC(C)N(C(=O)c3ccccc3N3CC(CC)=CCC3CC)C2)nc1C(=O)OC. The summed E-state index contributed by atoms with van der Waals surface area (Å²) in [5, 5.41) is 0. The van der Waals surface area contributed by atoms with Crippen LogP contribution in [0.15, 0.2) is 46.9 Å². The number of amides is 1. The highest BCUT2D eigenvalue weighted by Crippen LogP contribution is 2.35. The molecule has 4 rings (SSSR count). The summed E-state index contributed by atoms with van der Waals surface area (Å²) in [5.74, 6) is 0.161. The lowest BCUT2D eigenvalue weighted by Gasteiger charge is -2.40. The third kappa shape index (κ3) is 5.36. The third-order valence-electron chi connectivity index (χ3n) is 7.76. The quantitative estimate of drug-likeness (QED) is 0.328. The molecule has 7 nitrogen and oxygen atoms in total. The molecule has 1 amide bonds. The number of likely N-dealkylation sites (tertiary alicyclic amines) is 1. The van der Waals surface area contributed by atoms with E-state index in [4.69, 9.17) is 9.15 Å². The Morgan fingerprint density at radius 1 is 1.22 bits per heavy atom. The lowest BCUT2D eigenvalue weighted by atomic mass is 9.92. The van der Waals surface area contributed by atoms with Crippen LogP contribution < -0.4 is 4.90 Å². The van der Waals surface area contributed by atoms with E-state index in [0.717, 1.165) is 49.9 Å². The molecule has 2 aliphatic heterocycles. The summed E-state index contributed by atoms with van der Waals surface area (Å²) in [4.78, 5) is 35.2. The number of para-hydroxylation sites is 1. The van der Waals surface area contributed by atoms with Crippen molar-refractivity contribution in [3.05, 3.63) is 65.4 Å². The predicted octanol–water partition coefficient (Wildman–Crippen LogP) is 6.23. The third-order valence-corrected chi connectivity index (χ3v) is 7.76. The molecule has 1 aromatic carbocycles. The van der Waals surface area contributed by atoms with E-state index in [1.807, 2.05) is 23.1 Å². The molecule has 0 bridgehead atoms. The second kappa shape index (κ2) is 11.4. The molecule has 3 atom stereocenters. The van der Waals surface area contributed by atoms with E-state index < -0.39 is 5.97 Å². The molecular weight excluding hydrogens is 466 g/mol. The first-order valence-electron chi connectivity index (χ1n) is 13.4. The number of hydrogen-bond donors (Lipinski definition) is 0. The van der Waals surface area contributed by atoms with E-state index in [9.17, 15) is 9.59 Å². The van der Waals surface area contributed by atoms with E-state index in [0.29, 0.717) is 29.8 Å². The maximum Gasteiger partial charge on any atom is 0.360 e. The van der Waals surface area contributed by atoms with Crippen LogP contribution in [0, 0.1) is 0 Å². The van der Waals surface area contributed by atoms with Gasteiger partial charge in [-0.15, -0.1) is 0 Å². The number of anilines is 1. The second-order valence-electron chi connectivity index (χ2n) is 10.2. The summed E-state index contributed by atoms with van der Waals surface area (Å²) in [6.07, 6.45) is 7.05. The summed E-state index contributed by atoms with van der Waals surface area (Å²) in [6, 6.07) is 8.45. The summed E-state index contributed by atoms with van der Waals surface area (Å²) in [5.41, 5.74) is 3.90. The molecule has 0 aliphatic carbocycles. The number of benzene rings is 1. The molecule has 1 saturated heterocycles. The second-order valence-corrected chi connectivity index (χ2v) is 10.2. The normalized spacial score (nSPS) is 22.0. The molecule has 1 aromatic heterocycles. The van der Waals surface area contributed by atoms with Gasteiger partial charge < -0.3 is 19.0 Å². The van der Waals surface area contributed by atoms with Gasteiger partial charge in [-0.25, -0.2) is 9.78 Å². The van der Waals surface area contributed by atoms with Crippen molar-refractivity contribution in [3.8, 4) is 0 Å². The van der Waals surface area contributed by atoms with E-state index in [1.54, 1.807) is 6.92 Å². The number of methoxy groups -OCH3 is 1. The fraction of sp³-hybridized carbons (Fsp3) is 0.500. The zero-order chi connectivity index (χ0) is 26.7. The minimum Gasteiger partial charge on any atom is -0.464 e. The molecule has 1 fully saturated rings. The van der Waals surface area contributed by atoms with Crippen LogP contribution in [0.1, 0.15) is 98.2 Å². The molecule has 0 radical (unpaired) electrons. The molecule has 0 saturated carbocycles. The van der Waals surface area contributed by atoms with Crippen LogP contribution in [-0.4, -0.2) is 54.0 Å². The zero-order valence-electron chi connectivity index (χ0n) is 22.8. The average Bonchev–Trinajstić information content (AvgIpc) is 3.38. The number of allylic oxidation sites excluding steroid dienone is 1. The Labute approximate surface area is 220 Å². The van der Waals surface area contributed by atoms with Gasteiger partial charge in [0.15, 0.2) is 11.5 Å². The van der Waals surface area contributed by atoms with Crippen LogP contribution in [0.2, 0.25) is 0 Å². The number of nitrogens with zero attached hydrogens (tertiary/aromatic N) is 3. The molecule has 0 N–H and O–H groups in total. The molecular formula is C30H39N3O4. The Hall–Kier alpha value is -3.35. The Morgan fingerprint density at radius 2 is 1.97 bits per heavy atom. The number of rotatable bonds is 7. The van der Waals surface area contributed by atoms with Crippen LogP contribution in [0.5, 0.6) is 0 Å². The van der Waals surface area contributed by atoms with E-state index in [1.165, 1.54) is 12.7 Å². The van der Waals surface area contributed by atoms with E-state index in [-0.39, 0.29) is 23.6 Å². The smallest absolute Gasteiger partial charge is 0.360 e. The van der Waals surface area contributed by atoms with Crippen molar-refractivity contribution in [1.82, 2.24) is 9.88 Å². The Morgan fingerprint density at radius 3 is 2.65 bits per heavy atom. The van der Waals surface area contributed by atoms with Crippen molar-refractivity contribution < 1.29 is 18.7 Å². The van der Waals surface area contributed by atoms with Gasteiger partial charge in [-0.3, -0.25) is 4.79 Å². The molecule has 7 heteroatoms. The number of carbonyl (C=O) groups is 2. The molecule has 3 unspecified atom stereocenters. The standard InChI is InChI=1S/C30H39N3O4/c1-7-21-14-16-23(8-2)33(17-21)25-12-10-9-11-24(25)29(34)32-18-22(15-13-20(32)5)28-31-26(30(35)36-6)27(37-28)19(3)4/h9-12,14,20,22-23H,3,7-8,13,15-18H2,1-2,4-6H3. The highest BCUT2D eigenvalue weighted by molar-refractivity contribution is 6.00. The number of piperidine rings is 1. The lowest BCUT2D eigenvalue weighted by Crippen LogP contribution is -2.46. The van der Waals surface area contributed by atoms with E-state index >= 15 is 0 Å².